The van der Waals surface area contributed by atoms with Crippen molar-refractivity contribution in [2.24, 2.45) is 0 Å². The van der Waals surface area contributed by atoms with E-state index in [2.05, 4.69) is 53.1 Å². The van der Waals surface area contributed by atoms with E-state index in [1.54, 1.807) is 11.8 Å². The predicted molar refractivity (Wildman–Crippen MR) is 127 cm³/mol. The summed E-state index contributed by atoms with van der Waals surface area (Å²) in [5.74, 6) is 0.999. The maximum absolute atomic E-state index is 4.81. The lowest BCUT2D eigenvalue weighted by Gasteiger charge is -2.14. The summed E-state index contributed by atoms with van der Waals surface area (Å²) in [4.78, 5) is 12.2. The Hall–Kier alpha value is -2.31. The van der Waals surface area contributed by atoms with Crippen LogP contribution < -0.4 is 10.6 Å². The first-order valence-electron chi connectivity index (χ1n) is 10.2. The molecule has 6 heteroatoms. The number of anilines is 2. The molecular formula is C23H24N4S2. The summed E-state index contributed by atoms with van der Waals surface area (Å²) in [6, 6.07) is 14.9. The van der Waals surface area contributed by atoms with E-state index >= 15 is 0 Å². The molecule has 0 atom stereocenters. The fraction of sp³-hybridized carbons (Fsp3) is 0.304. The molecule has 5 rings (SSSR count). The lowest BCUT2D eigenvalue weighted by molar-refractivity contribution is 0.700. The summed E-state index contributed by atoms with van der Waals surface area (Å²) in [6.07, 6.45) is 6.94. The van der Waals surface area contributed by atoms with Crippen molar-refractivity contribution < 1.29 is 0 Å². The Morgan fingerprint density at radius 3 is 2.72 bits per heavy atom. The van der Waals surface area contributed by atoms with Crippen molar-refractivity contribution in [2.75, 3.05) is 30.0 Å². The van der Waals surface area contributed by atoms with Gasteiger partial charge in [-0.25, -0.2) is 9.97 Å². The molecular weight excluding hydrogens is 396 g/mol. The lowest BCUT2D eigenvalue weighted by atomic mass is 9.97. The van der Waals surface area contributed by atoms with E-state index in [1.165, 1.54) is 51.5 Å². The maximum atomic E-state index is 4.81. The highest BCUT2D eigenvalue weighted by Crippen LogP contribution is 2.39. The van der Waals surface area contributed by atoms with E-state index in [9.17, 15) is 0 Å². The van der Waals surface area contributed by atoms with Crippen LogP contribution >= 0.6 is 23.1 Å². The number of nitrogens with zero attached hydrogens (tertiary/aromatic N) is 2. The number of thioether (sulfide) groups is 1. The summed E-state index contributed by atoms with van der Waals surface area (Å²) in [5.41, 5.74) is 2.66. The smallest absolute Gasteiger partial charge is 0.190 e. The molecule has 0 saturated heterocycles. The lowest BCUT2D eigenvalue weighted by Crippen LogP contribution is -2.15. The first kappa shape index (κ1) is 18.7. The second-order valence-electron chi connectivity index (χ2n) is 7.33. The molecule has 0 amide bonds. The standard InChI is InChI=1S/C23H24N4S2/c1-28-23-26-21(20-17-10-4-5-12-19(17)29-22(20)27-23)25-14-13-24-18-11-6-8-15-7-2-3-9-16(15)18/h2-3,6-9,11,24H,4-5,10,12-14H2,1H3,(H,25,26,27). The van der Waals surface area contributed by atoms with Crippen LogP contribution in [-0.4, -0.2) is 29.3 Å². The van der Waals surface area contributed by atoms with Crippen LogP contribution in [0, 0.1) is 0 Å². The van der Waals surface area contributed by atoms with Gasteiger partial charge >= 0.3 is 0 Å². The van der Waals surface area contributed by atoms with Gasteiger partial charge in [-0.1, -0.05) is 48.2 Å². The number of aryl methyl sites for hydroxylation is 2. The zero-order valence-corrected chi connectivity index (χ0v) is 18.1. The number of thiophene rings is 1. The number of benzene rings is 2. The second kappa shape index (κ2) is 8.20. The fourth-order valence-corrected chi connectivity index (χ4v) is 5.80. The third-order valence-corrected chi connectivity index (χ3v) is 7.23. The highest BCUT2D eigenvalue weighted by atomic mass is 32.2. The van der Waals surface area contributed by atoms with Crippen molar-refractivity contribution in [2.45, 2.75) is 30.8 Å². The number of fused-ring (bicyclic) bond motifs is 4. The van der Waals surface area contributed by atoms with Gasteiger partial charge in [0.25, 0.3) is 0 Å². The molecule has 2 N–H and O–H groups in total. The summed E-state index contributed by atoms with van der Waals surface area (Å²) in [5, 5.41) is 11.8. The molecule has 0 spiro atoms. The zero-order chi connectivity index (χ0) is 19.6. The molecule has 0 radical (unpaired) electrons. The summed E-state index contributed by atoms with van der Waals surface area (Å²) < 4.78 is 0. The molecule has 148 valence electrons. The van der Waals surface area contributed by atoms with Crippen molar-refractivity contribution in [3.8, 4) is 0 Å². The third kappa shape index (κ3) is 3.67. The molecule has 2 aromatic carbocycles. The van der Waals surface area contributed by atoms with Crippen molar-refractivity contribution in [3.63, 3.8) is 0 Å². The highest BCUT2D eigenvalue weighted by molar-refractivity contribution is 7.98. The first-order chi connectivity index (χ1) is 14.3. The SMILES string of the molecule is CSc1nc(NCCNc2cccc3ccccc23)c2c3c(sc2n1)CCCC3. The molecule has 0 unspecified atom stereocenters. The van der Waals surface area contributed by atoms with Gasteiger partial charge in [0, 0.05) is 29.0 Å². The van der Waals surface area contributed by atoms with Gasteiger partial charge in [-0.2, -0.15) is 0 Å². The Bertz CT molecular complexity index is 1160. The van der Waals surface area contributed by atoms with Crippen LogP contribution in [-0.2, 0) is 12.8 Å². The number of rotatable bonds is 6. The van der Waals surface area contributed by atoms with Gasteiger partial charge in [0.15, 0.2) is 5.16 Å². The molecule has 2 aromatic heterocycles. The molecule has 29 heavy (non-hydrogen) atoms. The van der Waals surface area contributed by atoms with E-state index in [0.717, 1.165) is 35.3 Å². The molecule has 0 aliphatic heterocycles. The van der Waals surface area contributed by atoms with Crippen molar-refractivity contribution in [3.05, 3.63) is 52.9 Å². The van der Waals surface area contributed by atoms with Crippen LogP contribution in [0.1, 0.15) is 23.3 Å². The van der Waals surface area contributed by atoms with Crippen LogP contribution in [0.3, 0.4) is 0 Å². The predicted octanol–water partition coefficient (Wildman–Crippen LogP) is 5.97. The minimum absolute atomic E-state index is 0.813. The molecule has 1 aliphatic rings. The Balaban J connectivity index is 1.35. The minimum atomic E-state index is 0.813. The summed E-state index contributed by atoms with van der Waals surface area (Å²) in [7, 11) is 0. The fourth-order valence-electron chi connectivity index (χ4n) is 4.11. The van der Waals surface area contributed by atoms with Crippen molar-refractivity contribution in [1.82, 2.24) is 9.97 Å². The van der Waals surface area contributed by atoms with Gasteiger partial charge < -0.3 is 10.6 Å². The van der Waals surface area contributed by atoms with Gasteiger partial charge in [-0.15, -0.1) is 11.3 Å². The largest absolute Gasteiger partial charge is 0.383 e. The van der Waals surface area contributed by atoms with Gasteiger partial charge in [-0.05, 0) is 49.0 Å². The van der Waals surface area contributed by atoms with Crippen LogP contribution in [0.5, 0.6) is 0 Å². The Morgan fingerprint density at radius 2 is 1.79 bits per heavy atom. The summed E-state index contributed by atoms with van der Waals surface area (Å²) >= 11 is 3.47. The molecule has 0 bridgehead atoms. The van der Waals surface area contributed by atoms with E-state index in [1.807, 2.05) is 17.6 Å². The zero-order valence-electron chi connectivity index (χ0n) is 16.5. The van der Waals surface area contributed by atoms with Gasteiger partial charge in [-0.3, -0.25) is 0 Å². The topological polar surface area (TPSA) is 49.8 Å². The average molecular weight is 421 g/mol. The first-order valence-corrected chi connectivity index (χ1v) is 12.2. The van der Waals surface area contributed by atoms with Gasteiger partial charge in [0.2, 0.25) is 0 Å². The second-order valence-corrected chi connectivity index (χ2v) is 9.19. The molecule has 0 fully saturated rings. The monoisotopic (exact) mass is 420 g/mol. The van der Waals surface area contributed by atoms with Crippen molar-refractivity contribution >= 4 is 55.6 Å². The number of nitrogens with one attached hydrogen (secondary N) is 2. The Labute approximate surface area is 179 Å². The molecule has 2 heterocycles. The quantitative estimate of drug-likeness (QED) is 0.229. The van der Waals surface area contributed by atoms with Crippen molar-refractivity contribution in [1.29, 1.82) is 0 Å². The van der Waals surface area contributed by atoms with Crippen LogP contribution in [0.15, 0.2) is 47.6 Å². The van der Waals surface area contributed by atoms with Gasteiger partial charge in [0.05, 0.1) is 5.39 Å². The van der Waals surface area contributed by atoms with Crippen LogP contribution in [0.2, 0.25) is 0 Å². The maximum Gasteiger partial charge on any atom is 0.190 e. The number of hydrogen-bond acceptors (Lipinski definition) is 6. The molecule has 1 aliphatic carbocycles. The van der Waals surface area contributed by atoms with E-state index in [0.29, 0.717) is 0 Å². The van der Waals surface area contributed by atoms with Crippen LogP contribution in [0.4, 0.5) is 11.5 Å². The normalized spacial score (nSPS) is 13.6. The molecule has 4 nitrogen and oxygen atoms in total. The molecule has 0 saturated carbocycles. The molecule has 4 aromatic rings. The van der Waals surface area contributed by atoms with E-state index < -0.39 is 0 Å². The number of hydrogen-bond donors (Lipinski definition) is 2. The van der Waals surface area contributed by atoms with Crippen LogP contribution in [0.25, 0.3) is 21.0 Å². The number of aromatic nitrogens is 2. The summed E-state index contributed by atoms with van der Waals surface area (Å²) in [6.45, 7) is 1.65. The average Bonchev–Trinajstić information content (AvgIpc) is 3.15. The van der Waals surface area contributed by atoms with Gasteiger partial charge in [0.1, 0.15) is 10.6 Å². The Kier molecular flexibility index (Phi) is 5.29. The highest BCUT2D eigenvalue weighted by Gasteiger charge is 2.20. The van der Waals surface area contributed by atoms with E-state index in [-0.39, 0.29) is 0 Å². The third-order valence-electron chi connectivity index (χ3n) is 5.50. The van der Waals surface area contributed by atoms with E-state index in [4.69, 9.17) is 9.97 Å². The minimum Gasteiger partial charge on any atom is -0.383 e. The Morgan fingerprint density at radius 1 is 0.966 bits per heavy atom.